The van der Waals surface area contributed by atoms with Crippen molar-refractivity contribution >= 4 is 17.9 Å². The lowest BCUT2D eigenvalue weighted by Crippen LogP contribution is -2.56. The number of unbranched alkanes of at least 4 members (excludes halogenated alkanes) is 3. The number of benzene rings is 1. The van der Waals surface area contributed by atoms with Crippen LogP contribution in [0, 0.1) is 16.0 Å². The number of hydrogen-bond acceptors (Lipinski definition) is 6. The average molecular weight is 432 g/mol. The van der Waals surface area contributed by atoms with Crippen LogP contribution in [0.4, 0.5) is 5.69 Å². The highest BCUT2D eigenvalue weighted by atomic mass is 16.6. The molecule has 3 rings (SSSR count). The molecule has 3 unspecified atom stereocenters. The molecule has 1 aliphatic heterocycles. The highest BCUT2D eigenvalue weighted by Gasteiger charge is 2.31. The smallest absolute Gasteiger partial charge is 0.280 e. The molecule has 0 bridgehead atoms. The lowest BCUT2D eigenvalue weighted by molar-refractivity contribution is -0.385. The van der Waals surface area contributed by atoms with E-state index in [4.69, 9.17) is 4.74 Å². The molecule has 0 aromatic heterocycles. The number of carbonyl (C=O) groups is 2. The number of nitro groups is 1. The van der Waals surface area contributed by atoms with Crippen LogP contribution in [-0.2, 0) is 4.79 Å². The molecule has 8 heteroatoms. The molecule has 1 aromatic rings. The molecule has 2 aliphatic rings. The van der Waals surface area contributed by atoms with Gasteiger partial charge in [-0.05, 0) is 56.6 Å². The molecule has 3 atom stereocenters. The second-order valence-electron chi connectivity index (χ2n) is 8.62. The lowest BCUT2D eigenvalue weighted by atomic mass is 9.79. The van der Waals surface area contributed by atoms with Gasteiger partial charge in [0.05, 0.1) is 23.3 Å². The van der Waals surface area contributed by atoms with E-state index in [1.165, 1.54) is 50.3 Å². The minimum atomic E-state index is -0.583. The van der Waals surface area contributed by atoms with E-state index in [1.54, 1.807) is 0 Å². The Kier molecular flexibility index (Phi) is 8.82. The molecule has 0 radical (unpaired) electrons. The number of hydrogen-bond donors (Lipinski definition) is 2. The fraction of sp³-hybridized carbons (Fsp3) is 0.652. The Labute approximate surface area is 183 Å². The summed E-state index contributed by atoms with van der Waals surface area (Å²) in [7, 11) is 0. The summed E-state index contributed by atoms with van der Waals surface area (Å²) < 4.78 is 5.59. The number of amides is 1. The second-order valence-corrected chi connectivity index (χ2v) is 8.62. The van der Waals surface area contributed by atoms with Gasteiger partial charge in [-0.1, -0.05) is 25.7 Å². The van der Waals surface area contributed by atoms with Crippen LogP contribution >= 0.6 is 0 Å². The Bertz CT molecular complexity index is 770. The molecular formula is C23H33N3O5. The summed E-state index contributed by atoms with van der Waals surface area (Å²) in [6, 6.07) is 4.76. The van der Waals surface area contributed by atoms with Crippen molar-refractivity contribution in [1.29, 1.82) is 0 Å². The van der Waals surface area contributed by atoms with Gasteiger partial charge in [0, 0.05) is 18.5 Å². The molecule has 1 aliphatic carbocycles. The third kappa shape index (κ3) is 7.02. The number of fused-ring (bicyclic) bond motifs is 1. The summed E-state index contributed by atoms with van der Waals surface area (Å²) in [5, 5.41) is 17.6. The van der Waals surface area contributed by atoms with Crippen LogP contribution in [0.1, 0.15) is 81.0 Å². The van der Waals surface area contributed by atoms with Crippen molar-refractivity contribution < 1.29 is 19.2 Å². The molecular weight excluding hydrogens is 398 g/mol. The third-order valence-electron chi connectivity index (χ3n) is 6.38. The fourth-order valence-electron chi connectivity index (χ4n) is 4.69. The van der Waals surface area contributed by atoms with E-state index in [0.29, 0.717) is 31.1 Å². The van der Waals surface area contributed by atoms with E-state index >= 15 is 0 Å². The highest BCUT2D eigenvalue weighted by molar-refractivity contribution is 5.82. The van der Waals surface area contributed by atoms with Gasteiger partial charge in [-0.3, -0.25) is 25.0 Å². The van der Waals surface area contributed by atoms with Crippen molar-refractivity contribution in [3.63, 3.8) is 0 Å². The van der Waals surface area contributed by atoms with Gasteiger partial charge in [-0.15, -0.1) is 0 Å². The number of ether oxygens (including phenoxy) is 1. The van der Waals surface area contributed by atoms with Crippen LogP contribution < -0.4 is 15.4 Å². The van der Waals surface area contributed by atoms with Gasteiger partial charge in [-0.25, -0.2) is 0 Å². The van der Waals surface area contributed by atoms with Crippen LogP contribution in [-0.4, -0.2) is 35.9 Å². The molecule has 1 heterocycles. The van der Waals surface area contributed by atoms with E-state index < -0.39 is 4.92 Å². The molecule has 1 amide bonds. The lowest BCUT2D eigenvalue weighted by Gasteiger charge is -2.40. The zero-order valence-corrected chi connectivity index (χ0v) is 18.0. The SMILES string of the molecule is O=Cc1cc(OCCCCCCC(=O)NC2CCC3CCCCC3N2)ccc1[N+](=O)[O-]. The molecule has 0 spiro atoms. The Balaban J connectivity index is 1.25. The number of nitrogens with one attached hydrogen (secondary N) is 2. The average Bonchev–Trinajstić information content (AvgIpc) is 2.78. The van der Waals surface area contributed by atoms with Gasteiger partial charge >= 0.3 is 0 Å². The van der Waals surface area contributed by atoms with Gasteiger partial charge in [-0.2, -0.15) is 0 Å². The normalized spacial score (nSPS) is 22.9. The third-order valence-corrected chi connectivity index (χ3v) is 6.38. The zero-order valence-electron chi connectivity index (χ0n) is 18.0. The number of piperidine rings is 1. The van der Waals surface area contributed by atoms with Crippen LogP contribution in [0.3, 0.4) is 0 Å². The van der Waals surface area contributed by atoms with Crippen molar-refractivity contribution in [3.05, 3.63) is 33.9 Å². The number of aldehydes is 1. The van der Waals surface area contributed by atoms with Crippen LogP contribution in [0.15, 0.2) is 18.2 Å². The maximum absolute atomic E-state index is 12.2. The number of nitrogens with zero attached hydrogens (tertiary/aromatic N) is 1. The molecule has 31 heavy (non-hydrogen) atoms. The van der Waals surface area contributed by atoms with Crippen LogP contribution in [0.25, 0.3) is 0 Å². The van der Waals surface area contributed by atoms with Crippen LogP contribution in [0.2, 0.25) is 0 Å². The van der Waals surface area contributed by atoms with E-state index in [1.807, 2.05) is 0 Å². The van der Waals surface area contributed by atoms with E-state index in [9.17, 15) is 19.7 Å². The molecule has 1 aromatic carbocycles. The first kappa shape index (κ1) is 23.2. The topological polar surface area (TPSA) is 111 Å². The molecule has 2 N–H and O–H groups in total. The van der Waals surface area contributed by atoms with E-state index in [2.05, 4.69) is 10.6 Å². The monoisotopic (exact) mass is 431 g/mol. The Morgan fingerprint density at radius 3 is 2.77 bits per heavy atom. The minimum Gasteiger partial charge on any atom is -0.494 e. The minimum absolute atomic E-state index is 0.0139. The van der Waals surface area contributed by atoms with Crippen molar-refractivity contribution in [3.8, 4) is 5.75 Å². The Hall–Kier alpha value is -2.48. The van der Waals surface area contributed by atoms with Crippen LogP contribution in [0.5, 0.6) is 5.75 Å². The quantitative estimate of drug-likeness (QED) is 0.236. The maximum atomic E-state index is 12.2. The van der Waals surface area contributed by atoms with E-state index in [0.717, 1.165) is 38.0 Å². The maximum Gasteiger partial charge on any atom is 0.280 e. The number of rotatable bonds is 11. The summed E-state index contributed by atoms with van der Waals surface area (Å²) in [5.74, 6) is 1.36. The summed E-state index contributed by atoms with van der Waals surface area (Å²) in [6.45, 7) is 0.469. The summed E-state index contributed by atoms with van der Waals surface area (Å²) in [5.41, 5.74) is -0.206. The Morgan fingerprint density at radius 2 is 1.97 bits per heavy atom. The molecule has 1 saturated heterocycles. The van der Waals surface area contributed by atoms with Gasteiger partial charge < -0.3 is 10.1 Å². The molecule has 1 saturated carbocycles. The predicted molar refractivity (Wildman–Crippen MR) is 117 cm³/mol. The fourth-order valence-corrected chi connectivity index (χ4v) is 4.69. The van der Waals surface area contributed by atoms with Gasteiger partial charge in [0.1, 0.15) is 5.75 Å². The second kappa shape index (κ2) is 11.8. The molecule has 2 fully saturated rings. The van der Waals surface area contributed by atoms with Crippen molar-refractivity contribution in [1.82, 2.24) is 10.6 Å². The predicted octanol–water partition coefficient (Wildman–Crippen LogP) is 4.12. The van der Waals surface area contributed by atoms with Gasteiger partial charge in [0.2, 0.25) is 5.91 Å². The first-order valence-electron chi connectivity index (χ1n) is 11.5. The Morgan fingerprint density at radius 1 is 1.16 bits per heavy atom. The largest absolute Gasteiger partial charge is 0.494 e. The van der Waals surface area contributed by atoms with Gasteiger partial charge in [0.15, 0.2) is 6.29 Å². The molecule has 170 valence electrons. The first-order chi connectivity index (χ1) is 15.1. The van der Waals surface area contributed by atoms with Gasteiger partial charge in [0.25, 0.3) is 5.69 Å². The number of carbonyl (C=O) groups excluding carboxylic acids is 2. The van der Waals surface area contributed by atoms with Crippen molar-refractivity contribution in [2.75, 3.05) is 6.61 Å². The summed E-state index contributed by atoms with van der Waals surface area (Å²) in [4.78, 5) is 33.5. The summed E-state index contributed by atoms with van der Waals surface area (Å²) in [6.07, 6.45) is 12.1. The summed E-state index contributed by atoms with van der Waals surface area (Å²) >= 11 is 0. The van der Waals surface area contributed by atoms with Crippen molar-refractivity contribution in [2.24, 2.45) is 5.92 Å². The standard InChI is InChI=1S/C23H33N3O5/c27-16-18-15-19(11-12-21(18)26(29)30)31-14-6-2-1-3-9-23(28)25-22-13-10-17-7-4-5-8-20(17)24-22/h11-12,15-17,20,22,24H,1-10,13-14H2,(H,25,28). The zero-order chi connectivity index (χ0) is 22.1. The first-order valence-corrected chi connectivity index (χ1v) is 11.5. The highest BCUT2D eigenvalue weighted by Crippen LogP contribution is 2.31. The van der Waals surface area contributed by atoms with E-state index in [-0.39, 0.29) is 23.3 Å². The number of nitro benzene ring substituents is 1. The molecule has 8 nitrogen and oxygen atoms in total. The van der Waals surface area contributed by atoms with Crippen molar-refractivity contribution in [2.45, 2.75) is 82.8 Å².